The summed E-state index contributed by atoms with van der Waals surface area (Å²) in [5.74, 6) is -0.392. The summed E-state index contributed by atoms with van der Waals surface area (Å²) in [5.41, 5.74) is 0.178. The average molecular weight is 388 g/mol. The number of fused-ring (bicyclic) bond motifs is 1. The van der Waals surface area contributed by atoms with E-state index in [1.54, 1.807) is 18.2 Å². The molecule has 0 saturated carbocycles. The molecule has 0 bridgehead atoms. The highest BCUT2D eigenvalue weighted by Gasteiger charge is 2.21. The molecule has 1 heterocycles. The molecule has 10 heteroatoms. The minimum absolute atomic E-state index is 0.0677. The van der Waals surface area contributed by atoms with Gasteiger partial charge >= 0.3 is 11.7 Å². The van der Waals surface area contributed by atoms with Crippen LogP contribution >= 0.6 is 0 Å². The molecule has 0 fully saturated rings. The highest BCUT2D eigenvalue weighted by Crippen LogP contribution is 2.34. The van der Waals surface area contributed by atoms with E-state index in [0.29, 0.717) is 17.2 Å². The van der Waals surface area contributed by atoms with Crippen LogP contribution < -0.4 is 19.5 Å². The number of esters is 1. The normalized spacial score (nSPS) is 12.8. The maximum Gasteiger partial charge on any atom is 0.344 e. The van der Waals surface area contributed by atoms with Crippen LogP contribution in [0.4, 0.5) is 11.4 Å². The Bertz CT molecular complexity index is 914. The molecule has 1 atom stereocenters. The number of para-hydroxylation sites is 2. The van der Waals surface area contributed by atoms with Gasteiger partial charge in [-0.1, -0.05) is 12.1 Å². The van der Waals surface area contributed by atoms with Crippen LogP contribution in [0.25, 0.3) is 0 Å². The van der Waals surface area contributed by atoms with Crippen molar-refractivity contribution in [1.29, 1.82) is 0 Å². The molecule has 1 aliphatic heterocycles. The summed E-state index contributed by atoms with van der Waals surface area (Å²) in [6.45, 7) is 0.929. The van der Waals surface area contributed by atoms with Gasteiger partial charge < -0.3 is 24.3 Å². The van der Waals surface area contributed by atoms with Crippen molar-refractivity contribution in [2.75, 3.05) is 18.7 Å². The van der Waals surface area contributed by atoms with E-state index >= 15 is 0 Å². The highest BCUT2D eigenvalue weighted by molar-refractivity contribution is 5.95. The lowest BCUT2D eigenvalue weighted by atomic mass is 10.2. The summed E-state index contributed by atoms with van der Waals surface area (Å²) in [7, 11) is 0. The van der Waals surface area contributed by atoms with Crippen LogP contribution in [0.3, 0.4) is 0 Å². The summed E-state index contributed by atoms with van der Waals surface area (Å²) < 4.78 is 20.5. The Morgan fingerprint density at radius 1 is 1.21 bits per heavy atom. The molecule has 2 aromatic carbocycles. The SMILES string of the molecule is C[C@@H](OC(=O)COc1ccccc1[N+](=O)[O-])C(=O)Nc1ccc2c(c1)OCO2. The van der Waals surface area contributed by atoms with Crippen LogP contribution in [-0.2, 0) is 14.3 Å². The van der Waals surface area contributed by atoms with Gasteiger partial charge in [0.15, 0.2) is 30.0 Å². The topological polar surface area (TPSA) is 126 Å². The Balaban J connectivity index is 1.51. The number of amides is 1. The highest BCUT2D eigenvalue weighted by atomic mass is 16.7. The monoisotopic (exact) mass is 388 g/mol. The average Bonchev–Trinajstić information content (AvgIpc) is 3.14. The molecule has 0 aromatic heterocycles. The molecule has 146 valence electrons. The fraction of sp³-hybridized carbons (Fsp3) is 0.222. The molecule has 10 nitrogen and oxygen atoms in total. The molecule has 1 N–H and O–H groups in total. The van der Waals surface area contributed by atoms with Crippen LogP contribution in [0.15, 0.2) is 42.5 Å². The zero-order valence-corrected chi connectivity index (χ0v) is 14.7. The lowest BCUT2D eigenvalue weighted by Crippen LogP contribution is -2.31. The van der Waals surface area contributed by atoms with E-state index in [9.17, 15) is 19.7 Å². The standard InChI is InChI=1S/C18H16N2O8/c1-11(18(22)19-12-6-7-15-16(8-12)27-10-26-15)28-17(21)9-25-14-5-3-2-4-13(14)20(23)24/h2-8,11H,9-10H2,1H3,(H,19,22)/t11-/m1/s1. The first kappa shape index (κ1) is 19.0. The maximum atomic E-state index is 12.2. The molecule has 1 amide bonds. The molecule has 3 rings (SSSR count). The van der Waals surface area contributed by atoms with E-state index in [4.69, 9.17) is 18.9 Å². The Morgan fingerprint density at radius 2 is 1.96 bits per heavy atom. The van der Waals surface area contributed by atoms with Gasteiger partial charge in [0, 0.05) is 17.8 Å². The van der Waals surface area contributed by atoms with Gasteiger partial charge in [0.25, 0.3) is 5.91 Å². The second kappa shape index (κ2) is 8.25. The van der Waals surface area contributed by atoms with Crippen LogP contribution in [-0.4, -0.2) is 36.3 Å². The number of nitro groups is 1. The lowest BCUT2D eigenvalue weighted by Gasteiger charge is -2.14. The number of nitrogens with one attached hydrogen (secondary N) is 1. The summed E-state index contributed by atoms with van der Waals surface area (Å²) in [6.07, 6.45) is -1.10. The fourth-order valence-corrected chi connectivity index (χ4v) is 2.37. The molecule has 0 spiro atoms. The minimum atomic E-state index is -1.10. The zero-order chi connectivity index (χ0) is 20.1. The third kappa shape index (κ3) is 4.47. The minimum Gasteiger partial charge on any atom is -0.475 e. The number of carbonyl (C=O) groups excluding carboxylic acids is 2. The van der Waals surface area contributed by atoms with Crippen LogP contribution in [0.1, 0.15) is 6.92 Å². The number of nitrogens with zero attached hydrogens (tertiary/aromatic N) is 1. The molecular formula is C18H16N2O8. The predicted octanol–water partition coefficient (Wildman–Crippen LogP) is 2.27. The Kier molecular flexibility index (Phi) is 5.58. The van der Waals surface area contributed by atoms with Gasteiger partial charge in [0.2, 0.25) is 6.79 Å². The van der Waals surface area contributed by atoms with Gasteiger partial charge in [-0.3, -0.25) is 14.9 Å². The number of anilines is 1. The summed E-state index contributed by atoms with van der Waals surface area (Å²) in [5, 5.41) is 13.5. The first-order chi connectivity index (χ1) is 13.4. The predicted molar refractivity (Wildman–Crippen MR) is 95.3 cm³/mol. The summed E-state index contributed by atoms with van der Waals surface area (Å²) in [4.78, 5) is 34.4. The van der Waals surface area contributed by atoms with E-state index in [2.05, 4.69) is 5.32 Å². The van der Waals surface area contributed by atoms with Gasteiger partial charge in [-0.25, -0.2) is 4.79 Å². The number of benzene rings is 2. The second-order valence-corrected chi connectivity index (χ2v) is 5.70. The molecule has 28 heavy (non-hydrogen) atoms. The smallest absolute Gasteiger partial charge is 0.344 e. The van der Waals surface area contributed by atoms with Gasteiger partial charge in [0.05, 0.1) is 4.92 Å². The van der Waals surface area contributed by atoms with Crippen molar-refractivity contribution in [2.45, 2.75) is 13.0 Å². The molecule has 0 saturated heterocycles. The van der Waals surface area contributed by atoms with Crippen molar-refractivity contribution in [2.24, 2.45) is 0 Å². The molecule has 1 aliphatic rings. The number of rotatable bonds is 7. The maximum absolute atomic E-state index is 12.2. The molecule has 0 unspecified atom stereocenters. The summed E-state index contributed by atoms with van der Waals surface area (Å²) in [6, 6.07) is 10.5. The zero-order valence-electron chi connectivity index (χ0n) is 14.7. The molecule has 0 radical (unpaired) electrons. The summed E-state index contributed by atoms with van der Waals surface area (Å²) >= 11 is 0. The number of hydrogen-bond acceptors (Lipinski definition) is 8. The van der Waals surface area contributed by atoms with E-state index in [-0.39, 0.29) is 18.2 Å². The van der Waals surface area contributed by atoms with Crippen LogP contribution in [0.2, 0.25) is 0 Å². The number of ether oxygens (including phenoxy) is 4. The quantitative estimate of drug-likeness (QED) is 0.435. The first-order valence-electron chi connectivity index (χ1n) is 8.20. The third-order valence-electron chi connectivity index (χ3n) is 3.73. The number of carbonyl (C=O) groups is 2. The number of hydrogen-bond donors (Lipinski definition) is 1. The van der Waals surface area contributed by atoms with Crippen LogP contribution in [0.5, 0.6) is 17.2 Å². The van der Waals surface area contributed by atoms with E-state index < -0.39 is 29.5 Å². The van der Waals surface area contributed by atoms with Gasteiger partial charge in [0.1, 0.15) is 0 Å². The molecule has 0 aliphatic carbocycles. The Labute approximate surface area is 159 Å². The molecular weight excluding hydrogens is 372 g/mol. The van der Waals surface area contributed by atoms with Crippen molar-refractivity contribution < 1.29 is 33.5 Å². The van der Waals surface area contributed by atoms with E-state index in [0.717, 1.165) is 0 Å². The largest absolute Gasteiger partial charge is 0.475 e. The van der Waals surface area contributed by atoms with Crippen molar-refractivity contribution in [1.82, 2.24) is 0 Å². The van der Waals surface area contributed by atoms with Crippen molar-refractivity contribution in [3.8, 4) is 17.2 Å². The van der Waals surface area contributed by atoms with Crippen molar-refractivity contribution in [3.05, 3.63) is 52.6 Å². The third-order valence-corrected chi connectivity index (χ3v) is 3.73. The van der Waals surface area contributed by atoms with Crippen LogP contribution in [0, 0.1) is 10.1 Å². The Morgan fingerprint density at radius 3 is 2.75 bits per heavy atom. The van der Waals surface area contributed by atoms with E-state index in [1.807, 2.05) is 0 Å². The molecule has 2 aromatic rings. The van der Waals surface area contributed by atoms with E-state index in [1.165, 1.54) is 31.2 Å². The fourth-order valence-electron chi connectivity index (χ4n) is 2.37. The first-order valence-corrected chi connectivity index (χ1v) is 8.20. The van der Waals surface area contributed by atoms with Crippen molar-refractivity contribution in [3.63, 3.8) is 0 Å². The second-order valence-electron chi connectivity index (χ2n) is 5.70. The van der Waals surface area contributed by atoms with Crippen molar-refractivity contribution >= 4 is 23.3 Å². The van der Waals surface area contributed by atoms with Gasteiger partial charge in [-0.2, -0.15) is 0 Å². The Hall–Kier alpha value is -3.82. The van der Waals surface area contributed by atoms with Gasteiger partial charge in [-0.05, 0) is 25.1 Å². The number of nitro benzene ring substituents is 1. The lowest BCUT2D eigenvalue weighted by molar-refractivity contribution is -0.385. The van der Waals surface area contributed by atoms with Gasteiger partial charge in [-0.15, -0.1) is 0 Å².